The van der Waals surface area contributed by atoms with Gasteiger partial charge >= 0.3 is 5.97 Å². The summed E-state index contributed by atoms with van der Waals surface area (Å²) in [5.74, 6) is 1.23. The van der Waals surface area contributed by atoms with Gasteiger partial charge in [0.15, 0.2) is 6.04 Å². The molecule has 2 N–H and O–H groups in total. The summed E-state index contributed by atoms with van der Waals surface area (Å²) >= 11 is 1.81. The number of fused-ring (bicyclic) bond motifs is 1. The van der Waals surface area contributed by atoms with E-state index in [1.54, 1.807) is 30.3 Å². The van der Waals surface area contributed by atoms with Crippen molar-refractivity contribution >= 4 is 23.6 Å². The van der Waals surface area contributed by atoms with Gasteiger partial charge in [-0.15, -0.1) is 0 Å². The van der Waals surface area contributed by atoms with Crippen LogP contribution in [0.15, 0.2) is 42.5 Å². The molecular weight excluding hydrogens is 350 g/mol. The quantitative estimate of drug-likeness (QED) is 0.780. The van der Waals surface area contributed by atoms with Gasteiger partial charge in [0.2, 0.25) is 0 Å². The summed E-state index contributed by atoms with van der Waals surface area (Å²) in [6.45, 7) is 2.70. The lowest BCUT2D eigenvalue weighted by molar-refractivity contribution is -0.139. The number of rotatable bonds is 7. The maximum Gasteiger partial charge on any atom is 0.330 e. The summed E-state index contributed by atoms with van der Waals surface area (Å²) in [6.07, 6.45) is 0.751. The lowest BCUT2D eigenvalue weighted by atomic mass is 10.0. The summed E-state index contributed by atoms with van der Waals surface area (Å²) in [7, 11) is 0. The Balaban J connectivity index is 1.73. The summed E-state index contributed by atoms with van der Waals surface area (Å²) in [5, 5.41) is 12.2. The Morgan fingerprint density at radius 1 is 1.23 bits per heavy atom. The molecule has 1 unspecified atom stereocenters. The Morgan fingerprint density at radius 2 is 2.00 bits per heavy atom. The second-order valence-corrected chi connectivity index (χ2v) is 7.32. The predicted octanol–water partition coefficient (Wildman–Crippen LogP) is 3.43. The molecule has 1 aliphatic rings. The van der Waals surface area contributed by atoms with Crippen LogP contribution in [0, 0.1) is 0 Å². The molecular formula is C20H21NO4S. The fourth-order valence-electron chi connectivity index (χ4n) is 2.86. The Kier molecular flexibility index (Phi) is 5.83. The number of hydrogen-bond acceptors (Lipinski definition) is 4. The highest BCUT2D eigenvalue weighted by Gasteiger charge is 2.24. The van der Waals surface area contributed by atoms with Crippen molar-refractivity contribution in [2.45, 2.75) is 25.1 Å². The summed E-state index contributed by atoms with van der Waals surface area (Å²) < 4.78 is 5.45. The average Bonchev–Trinajstić information content (AvgIpc) is 3.12. The molecule has 0 bridgehead atoms. The lowest BCUT2D eigenvalue weighted by Gasteiger charge is -2.16. The zero-order chi connectivity index (χ0) is 18.5. The molecule has 0 saturated heterocycles. The first kappa shape index (κ1) is 18.3. The molecule has 2 aromatic rings. The van der Waals surface area contributed by atoms with E-state index >= 15 is 0 Å². The third-order valence-corrected chi connectivity index (χ3v) is 5.20. The number of amides is 1. The normalized spacial score (nSPS) is 13.6. The standard InChI is InChI=1S/C20H21NO4S/c1-2-26-12-13-3-5-14(6-4-13)19(22)21-18(20(23)24)16-7-8-17-15(11-16)9-10-25-17/h3-8,11,18H,2,9-10,12H2,1H3,(H,21,22)(H,23,24). The fourth-order valence-corrected chi connectivity index (χ4v) is 3.49. The molecule has 1 atom stereocenters. The monoisotopic (exact) mass is 371 g/mol. The molecule has 3 rings (SSSR count). The van der Waals surface area contributed by atoms with Crippen LogP contribution in [0.3, 0.4) is 0 Å². The van der Waals surface area contributed by atoms with Gasteiger partial charge in [0.05, 0.1) is 6.61 Å². The molecule has 0 aliphatic carbocycles. The van der Waals surface area contributed by atoms with Crippen molar-refractivity contribution in [2.24, 2.45) is 0 Å². The van der Waals surface area contributed by atoms with E-state index in [0.29, 0.717) is 17.7 Å². The van der Waals surface area contributed by atoms with Gasteiger partial charge in [-0.05, 0) is 46.7 Å². The minimum Gasteiger partial charge on any atom is -0.493 e. The highest BCUT2D eigenvalue weighted by atomic mass is 32.2. The van der Waals surface area contributed by atoms with Crippen LogP contribution in [0.1, 0.15) is 40.0 Å². The lowest BCUT2D eigenvalue weighted by Crippen LogP contribution is -2.33. The van der Waals surface area contributed by atoms with Crippen LogP contribution in [0.25, 0.3) is 0 Å². The SMILES string of the molecule is CCSCc1ccc(C(=O)NC(C(=O)O)c2ccc3c(c2)CCO3)cc1. The van der Waals surface area contributed by atoms with Gasteiger partial charge < -0.3 is 15.2 Å². The molecule has 1 heterocycles. The third-order valence-electron chi connectivity index (χ3n) is 4.26. The maximum atomic E-state index is 12.5. The number of carboxylic acid groups (broad SMARTS) is 1. The van der Waals surface area contributed by atoms with Crippen molar-refractivity contribution in [1.82, 2.24) is 5.32 Å². The maximum absolute atomic E-state index is 12.5. The van der Waals surface area contributed by atoms with Crippen molar-refractivity contribution in [3.05, 3.63) is 64.7 Å². The largest absolute Gasteiger partial charge is 0.493 e. The second kappa shape index (κ2) is 8.27. The predicted molar refractivity (Wildman–Crippen MR) is 102 cm³/mol. The van der Waals surface area contributed by atoms with E-state index in [1.807, 2.05) is 23.9 Å². The van der Waals surface area contributed by atoms with Crippen LogP contribution in [0.2, 0.25) is 0 Å². The van der Waals surface area contributed by atoms with Crippen LogP contribution < -0.4 is 10.1 Å². The molecule has 26 heavy (non-hydrogen) atoms. The van der Waals surface area contributed by atoms with Crippen molar-refractivity contribution in [2.75, 3.05) is 12.4 Å². The van der Waals surface area contributed by atoms with Gasteiger partial charge in [-0.3, -0.25) is 4.79 Å². The molecule has 1 amide bonds. The van der Waals surface area contributed by atoms with Gasteiger partial charge in [-0.25, -0.2) is 4.79 Å². The first-order valence-electron chi connectivity index (χ1n) is 8.54. The summed E-state index contributed by atoms with van der Waals surface area (Å²) in [6, 6.07) is 11.4. The minimum atomic E-state index is -1.09. The van der Waals surface area contributed by atoms with Crippen LogP contribution in [-0.2, 0) is 17.0 Å². The number of nitrogens with one attached hydrogen (secondary N) is 1. The number of aliphatic carboxylic acids is 1. The Hall–Kier alpha value is -2.47. The van der Waals surface area contributed by atoms with Crippen LogP contribution in [0.4, 0.5) is 0 Å². The smallest absolute Gasteiger partial charge is 0.330 e. The van der Waals surface area contributed by atoms with Gasteiger partial charge in [0.25, 0.3) is 5.91 Å². The number of benzene rings is 2. The van der Waals surface area contributed by atoms with Crippen molar-refractivity contribution in [3.8, 4) is 5.75 Å². The number of carboxylic acids is 1. The molecule has 0 radical (unpaired) electrons. The zero-order valence-electron chi connectivity index (χ0n) is 14.5. The molecule has 136 valence electrons. The molecule has 1 aliphatic heterocycles. The molecule has 6 heteroatoms. The van der Waals surface area contributed by atoms with E-state index in [1.165, 1.54) is 0 Å². The minimum absolute atomic E-state index is 0.399. The highest BCUT2D eigenvalue weighted by molar-refractivity contribution is 7.98. The number of hydrogen-bond donors (Lipinski definition) is 2. The Morgan fingerprint density at radius 3 is 2.69 bits per heavy atom. The van der Waals surface area contributed by atoms with Gasteiger partial charge in [-0.1, -0.05) is 25.1 Å². The molecule has 0 spiro atoms. The van der Waals surface area contributed by atoms with Crippen LogP contribution >= 0.6 is 11.8 Å². The van der Waals surface area contributed by atoms with Crippen molar-refractivity contribution in [1.29, 1.82) is 0 Å². The van der Waals surface area contributed by atoms with Crippen molar-refractivity contribution in [3.63, 3.8) is 0 Å². The first-order chi connectivity index (χ1) is 12.6. The number of carbonyl (C=O) groups is 2. The van der Waals surface area contributed by atoms with E-state index in [-0.39, 0.29) is 0 Å². The molecule has 0 fully saturated rings. The molecule has 2 aromatic carbocycles. The van der Waals surface area contributed by atoms with E-state index in [0.717, 1.165) is 34.8 Å². The van der Waals surface area contributed by atoms with E-state index < -0.39 is 17.9 Å². The van der Waals surface area contributed by atoms with Gasteiger partial charge in [0, 0.05) is 17.7 Å². The Bertz CT molecular complexity index is 804. The van der Waals surface area contributed by atoms with Crippen LogP contribution in [-0.4, -0.2) is 29.3 Å². The van der Waals surface area contributed by atoms with Gasteiger partial charge in [-0.2, -0.15) is 11.8 Å². The second-order valence-electron chi connectivity index (χ2n) is 6.04. The summed E-state index contributed by atoms with van der Waals surface area (Å²) in [4.78, 5) is 24.2. The fraction of sp³-hybridized carbons (Fsp3) is 0.300. The molecule has 0 saturated carbocycles. The van der Waals surface area contributed by atoms with E-state index in [4.69, 9.17) is 4.74 Å². The molecule has 5 nitrogen and oxygen atoms in total. The first-order valence-corrected chi connectivity index (χ1v) is 9.70. The zero-order valence-corrected chi connectivity index (χ0v) is 15.3. The van der Waals surface area contributed by atoms with Gasteiger partial charge in [0.1, 0.15) is 5.75 Å². The topological polar surface area (TPSA) is 75.6 Å². The van der Waals surface area contributed by atoms with E-state index in [2.05, 4.69) is 12.2 Å². The molecule has 0 aromatic heterocycles. The third kappa shape index (κ3) is 4.19. The number of ether oxygens (including phenoxy) is 1. The van der Waals surface area contributed by atoms with Crippen molar-refractivity contribution < 1.29 is 19.4 Å². The number of carbonyl (C=O) groups excluding carboxylic acids is 1. The summed E-state index contributed by atoms with van der Waals surface area (Å²) in [5.41, 5.74) is 3.11. The average molecular weight is 371 g/mol. The van der Waals surface area contributed by atoms with Crippen LogP contribution in [0.5, 0.6) is 5.75 Å². The Labute approximate surface area is 156 Å². The number of thioether (sulfide) groups is 1. The highest BCUT2D eigenvalue weighted by Crippen LogP contribution is 2.28. The van der Waals surface area contributed by atoms with E-state index in [9.17, 15) is 14.7 Å².